The highest BCUT2D eigenvalue weighted by molar-refractivity contribution is 6.44. The van der Waals surface area contributed by atoms with Gasteiger partial charge in [-0.3, -0.25) is 14.9 Å². The largest absolute Gasteiger partial charge is 0.466 e. The molecule has 1 aromatic heterocycles. The van der Waals surface area contributed by atoms with Crippen LogP contribution in [0, 0.1) is 5.92 Å². The van der Waals surface area contributed by atoms with Crippen molar-refractivity contribution in [3.63, 3.8) is 0 Å². The number of likely N-dealkylation sites (tertiary alicyclic amines) is 1. The predicted octanol–water partition coefficient (Wildman–Crippen LogP) is 6.46. The number of hydrogen-bond acceptors (Lipinski definition) is 5. The SMILES string of the molecule is CCOC(=O)C1CCN(C(=O)Cc2ccc(-n3nc(C(C)(C)C)cc3NC(=O)Nc3cccc(Cl)c3Cl)cc2)CC1. The van der Waals surface area contributed by atoms with Crippen molar-refractivity contribution < 1.29 is 19.1 Å². The maximum Gasteiger partial charge on any atom is 0.324 e. The van der Waals surface area contributed by atoms with Gasteiger partial charge < -0.3 is 15.0 Å². The molecule has 1 aliphatic heterocycles. The van der Waals surface area contributed by atoms with Gasteiger partial charge in [0.15, 0.2) is 0 Å². The lowest BCUT2D eigenvalue weighted by Gasteiger charge is -2.31. The Morgan fingerprint density at radius 3 is 2.34 bits per heavy atom. The molecular weight excluding hydrogens is 565 g/mol. The van der Waals surface area contributed by atoms with Gasteiger partial charge in [0.1, 0.15) is 5.82 Å². The molecule has 0 radical (unpaired) electrons. The summed E-state index contributed by atoms with van der Waals surface area (Å²) < 4.78 is 6.78. The van der Waals surface area contributed by atoms with Gasteiger partial charge in [-0.2, -0.15) is 5.10 Å². The van der Waals surface area contributed by atoms with E-state index in [0.717, 1.165) is 16.9 Å². The first-order valence-corrected chi connectivity index (χ1v) is 14.4. The first kappa shape index (κ1) is 30.4. The molecule has 41 heavy (non-hydrogen) atoms. The molecule has 3 amide bonds. The molecule has 0 spiro atoms. The normalized spacial score (nSPS) is 14.0. The maximum absolute atomic E-state index is 12.9. The van der Waals surface area contributed by atoms with Gasteiger partial charge in [0.25, 0.3) is 0 Å². The van der Waals surface area contributed by atoms with Crippen LogP contribution in [0.3, 0.4) is 0 Å². The van der Waals surface area contributed by atoms with Crippen LogP contribution < -0.4 is 10.6 Å². The summed E-state index contributed by atoms with van der Waals surface area (Å²) in [7, 11) is 0. The number of anilines is 2. The highest BCUT2D eigenvalue weighted by Crippen LogP contribution is 2.30. The third-order valence-electron chi connectivity index (χ3n) is 6.92. The molecule has 3 aromatic rings. The number of urea groups is 1. The van der Waals surface area contributed by atoms with Crippen LogP contribution in [0.2, 0.25) is 10.0 Å². The summed E-state index contributed by atoms with van der Waals surface area (Å²) in [5.74, 6) is 0.174. The van der Waals surface area contributed by atoms with E-state index < -0.39 is 6.03 Å². The lowest BCUT2D eigenvalue weighted by Crippen LogP contribution is -2.41. The zero-order valence-electron chi connectivity index (χ0n) is 23.7. The van der Waals surface area contributed by atoms with E-state index in [1.54, 1.807) is 34.7 Å². The minimum absolute atomic E-state index is 0.0212. The van der Waals surface area contributed by atoms with E-state index >= 15 is 0 Å². The summed E-state index contributed by atoms with van der Waals surface area (Å²) >= 11 is 12.3. The first-order chi connectivity index (χ1) is 19.5. The number of aromatic nitrogens is 2. The van der Waals surface area contributed by atoms with Crippen molar-refractivity contribution in [2.75, 3.05) is 30.3 Å². The molecule has 0 aliphatic carbocycles. The third kappa shape index (κ3) is 7.59. The Balaban J connectivity index is 1.45. The van der Waals surface area contributed by atoms with Gasteiger partial charge in [0.05, 0.1) is 46.1 Å². The number of hydrogen-bond donors (Lipinski definition) is 2. The fraction of sp³-hybridized carbons (Fsp3) is 0.400. The van der Waals surface area contributed by atoms with Crippen LogP contribution in [-0.2, 0) is 26.2 Å². The van der Waals surface area contributed by atoms with Crippen LogP contribution >= 0.6 is 23.2 Å². The van der Waals surface area contributed by atoms with E-state index in [0.29, 0.717) is 49.1 Å². The number of piperidine rings is 1. The number of ether oxygens (including phenoxy) is 1. The molecule has 1 saturated heterocycles. The lowest BCUT2D eigenvalue weighted by atomic mass is 9.92. The van der Waals surface area contributed by atoms with Crippen LogP contribution in [-0.4, -0.2) is 52.3 Å². The molecule has 2 aromatic carbocycles. The molecular formula is C30H35Cl2N5O4. The van der Waals surface area contributed by atoms with E-state index in [9.17, 15) is 14.4 Å². The Kier molecular flexibility index (Phi) is 9.60. The number of rotatable bonds is 7. The number of esters is 1. The van der Waals surface area contributed by atoms with Crippen LogP contribution in [0.1, 0.15) is 51.8 Å². The number of benzene rings is 2. The van der Waals surface area contributed by atoms with Crippen LogP contribution in [0.15, 0.2) is 48.5 Å². The summed E-state index contributed by atoms with van der Waals surface area (Å²) in [5, 5.41) is 10.9. The Bertz CT molecular complexity index is 1410. The molecule has 9 nitrogen and oxygen atoms in total. The first-order valence-electron chi connectivity index (χ1n) is 13.6. The number of nitrogens with one attached hydrogen (secondary N) is 2. The maximum atomic E-state index is 12.9. The zero-order valence-corrected chi connectivity index (χ0v) is 25.2. The van der Waals surface area contributed by atoms with Gasteiger partial charge in [-0.25, -0.2) is 9.48 Å². The van der Waals surface area contributed by atoms with Crippen molar-refractivity contribution in [2.45, 2.75) is 52.4 Å². The highest BCUT2D eigenvalue weighted by atomic mass is 35.5. The van der Waals surface area contributed by atoms with Crippen molar-refractivity contribution in [1.82, 2.24) is 14.7 Å². The molecule has 0 saturated carbocycles. The molecule has 0 atom stereocenters. The summed E-state index contributed by atoms with van der Waals surface area (Å²) in [6.07, 6.45) is 1.49. The molecule has 11 heteroatoms. The molecule has 1 aliphatic rings. The quantitative estimate of drug-likeness (QED) is 0.303. The number of amides is 3. The molecule has 0 bridgehead atoms. The Morgan fingerprint density at radius 2 is 1.71 bits per heavy atom. The van der Waals surface area contributed by atoms with Crippen molar-refractivity contribution in [1.29, 1.82) is 0 Å². The highest BCUT2D eigenvalue weighted by Gasteiger charge is 2.28. The number of carbonyl (C=O) groups excluding carboxylic acids is 3. The van der Waals surface area contributed by atoms with E-state index in [2.05, 4.69) is 10.6 Å². The summed E-state index contributed by atoms with van der Waals surface area (Å²) in [4.78, 5) is 39.6. The summed E-state index contributed by atoms with van der Waals surface area (Å²) in [6, 6.07) is 13.8. The van der Waals surface area contributed by atoms with E-state index in [4.69, 9.17) is 33.0 Å². The van der Waals surface area contributed by atoms with Gasteiger partial charge in [-0.05, 0) is 49.6 Å². The Morgan fingerprint density at radius 1 is 1.02 bits per heavy atom. The standard InChI is InChI=1S/C30H35Cl2N5O4/c1-5-41-28(39)20-13-15-36(16-14-20)26(38)17-19-9-11-21(12-10-19)37-25(18-24(35-37)30(2,3)4)34-29(40)33-23-8-6-7-22(31)27(23)32/h6-12,18,20H,5,13-17H2,1-4H3,(H2,33,34,40). The molecule has 218 valence electrons. The second kappa shape index (κ2) is 13.0. The average molecular weight is 601 g/mol. The molecule has 4 rings (SSSR count). The van der Waals surface area contributed by atoms with Gasteiger partial charge in [-0.15, -0.1) is 0 Å². The molecule has 0 unspecified atom stereocenters. The lowest BCUT2D eigenvalue weighted by molar-refractivity contribution is -0.151. The van der Waals surface area contributed by atoms with Crippen molar-refractivity contribution in [3.05, 3.63) is 69.8 Å². The van der Waals surface area contributed by atoms with E-state index in [-0.39, 0.29) is 34.7 Å². The van der Waals surface area contributed by atoms with Gasteiger partial charge >= 0.3 is 12.0 Å². The molecule has 2 N–H and O–H groups in total. The predicted molar refractivity (Wildman–Crippen MR) is 161 cm³/mol. The smallest absolute Gasteiger partial charge is 0.324 e. The number of nitrogens with zero attached hydrogens (tertiary/aromatic N) is 3. The minimum Gasteiger partial charge on any atom is -0.466 e. The van der Waals surface area contributed by atoms with Gasteiger partial charge in [0.2, 0.25) is 5.91 Å². The number of carbonyl (C=O) groups is 3. The van der Waals surface area contributed by atoms with Crippen molar-refractivity contribution in [2.24, 2.45) is 5.92 Å². The fourth-order valence-corrected chi connectivity index (χ4v) is 4.92. The van der Waals surface area contributed by atoms with Crippen molar-refractivity contribution >= 4 is 52.6 Å². The van der Waals surface area contributed by atoms with Crippen LogP contribution in [0.25, 0.3) is 5.69 Å². The topological polar surface area (TPSA) is 106 Å². The Labute approximate surface area is 250 Å². The zero-order chi connectivity index (χ0) is 29.7. The summed E-state index contributed by atoms with van der Waals surface area (Å²) in [5.41, 5.74) is 2.50. The minimum atomic E-state index is -0.496. The molecule has 1 fully saturated rings. The monoisotopic (exact) mass is 599 g/mol. The van der Waals surface area contributed by atoms with Crippen molar-refractivity contribution in [3.8, 4) is 5.69 Å². The third-order valence-corrected chi connectivity index (χ3v) is 7.74. The second-order valence-corrected chi connectivity index (χ2v) is 11.8. The number of halogens is 2. The van der Waals surface area contributed by atoms with E-state index in [1.807, 2.05) is 51.1 Å². The van der Waals surface area contributed by atoms with E-state index in [1.165, 1.54) is 0 Å². The molecule has 2 heterocycles. The second-order valence-electron chi connectivity index (χ2n) is 11.0. The van der Waals surface area contributed by atoms with Gasteiger partial charge in [-0.1, -0.05) is 62.2 Å². The average Bonchev–Trinajstić information content (AvgIpc) is 3.36. The Hall–Kier alpha value is -3.56. The van der Waals surface area contributed by atoms with Crippen LogP contribution in [0.4, 0.5) is 16.3 Å². The summed E-state index contributed by atoms with van der Waals surface area (Å²) in [6.45, 7) is 9.37. The van der Waals surface area contributed by atoms with Crippen LogP contribution in [0.5, 0.6) is 0 Å². The fourth-order valence-electron chi connectivity index (χ4n) is 4.57. The van der Waals surface area contributed by atoms with Gasteiger partial charge in [0, 0.05) is 24.6 Å².